The molecule has 22 heavy (non-hydrogen) atoms. The Morgan fingerprint density at radius 3 is 1.64 bits per heavy atom. The van der Waals surface area contributed by atoms with Crippen molar-refractivity contribution in [3.63, 3.8) is 0 Å². The first-order chi connectivity index (χ1) is 9.08. The van der Waals surface area contributed by atoms with Crippen LogP contribution in [0.4, 0.5) is 0 Å². The Morgan fingerprint density at radius 1 is 0.909 bits per heavy atom. The van der Waals surface area contributed by atoms with Crippen LogP contribution in [0, 0.1) is 0 Å². The molecule has 0 aliphatic carbocycles. The molecule has 0 radical (unpaired) electrons. The van der Waals surface area contributed by atoms with Crippen molar-refractivity contribution in [2.75, 3.05) is 33.5 Å². The predicted molar refractivity (Wildman–Crippen MR) is 79.8 cm³/mol. The maximum Gasteiger partial charge on any atom is 1.00 e. The van der Waals surface area contributed by atoms with E-state index in [0.717, 1.165) is 19.4 Å². The second-order valence-electron chi connectivity index (χ2n) is 3.69. The SMILES string of the molecule is C.CCCOCCC(=O)O.CCCOCCC(=O)OC.[Li+].[OH-]. The molecule has 0 rings (SSSR count). The third kappa shape index (κ3) is 36.6. The molecule has 0 aliphatic rings. The van der Waals surface area contributed by atoms with Crippen molar-refractivity contribution in [1.29, 1.82) is 0 Å². The number of rotatable bonds is 10. The van der Waals surface area contributed by atoms with Gasteiger partial charge in [0.2, 0.25) is 0 Å². The van der Waals surface area contributed by atoms with Crippen LogP contribution in [0.1, 0.15) is 47.0 Å². The Bertz CT molecular complexity index is 225. The summed E-state index contributed by atoms with van der Waals surface area (Å²) >= 11 is 0. The van der Waals surface area contributed by atoms with Crippen LogP contribution in [0.15, 0.2) is 0 Å². The number of carbonyl (C=O) groups excluding carboxylic acids is 1. The molecule has 0 atom stereocenters. The van der Waals surface area contributed by atoms with Crippen molar-refractivity contribution in [2.45, 2.75) is 47.0 Å². The molecular weight excluding hydrogens is 287 g/mol. The van der Waals surface area contributed by atoms with Crippen LogP contribution in [0.5, 0.6) is 0 Å². The van der Waals surface area contributed by atoms with Crippen molar-refractivity contribution in [3.05, 3.63) is 0 Å². The summed E-state index contributed by atoms with van der Waals surface area (Å²) in [5.74, 6) is -1.01. The van der Waals surface area contributed by atoms with Gasteiger partial charge in [0.1, 0.15) is 0 Å². The minimum atomic E-state index is -0.800. The smallest absolute Gasteiger partial charge is 0.870 e. The van der Waals surface area contributed by atoms with E-state index in [9.17, 15) is 9.59 Å². The molecule has 0 fully saturated rings. The minimum Gasteiger partial charge on any atom is -0.870 e. The van der Waals surface area contributed by atoms with E-state index in [0.29, 0.717) is 26.2 Å². The molecule has 8 heteroatoms. The van der Waals surface area contributed by atoms with Gasteiger partial charge in [-0.25, -0.2) is 0 Å². The van der Waals surface area contributed by atoms with Gasteiger partial charge < -0.3 is 24.8 Å². The standard InChI is InChI=1S/C7H14O3.C6H12O3.CH4.Li.H2O/c1-3-5-10-6-4-7(8)9-2;1-2-4-9-5-3-6(7)8;;;/h3-6H2,1-2H3;2-5H2,1H3,(H,7,8);1H4;;1H2/q;;;+1;/p-1. The van der Waals surface area contributed by atoms with Crippen LogP contribution in [-0.2, 0) is 23.8 Å². The fraction of sp³-hybridized carbons (Fsp3) is 0.857. The molecule has 0 saturated heterocycles. The van der Waals surface area contributed by atoms with Crippen molar-refractivity contribution in [3.8, 4) is 0 Å². The second kappa shape index (κ2) is 28.6. The summed E-state index contributed by atoms with van der Waals surface area (Å²) < 4.78 is 14.4. The maximum absolute atomic E-state index is 10.5. The fourth-order valence-electron chi connectivity index (χ4n) is 0.910. The summed E-state index contributed by atoms with van der Waals surface area (Å²) in [5.41, 5.74) is 0. The number of hydrogen-bond donors (Lipinski definition) is 1. The first-order valence-electron chi connectivity index (χ1n) is 6.52. The summed E-state index contributed by atoms with van der Waals surface area (Å²) in [5, 5.41) is 8.13. The van der Waals surface area contributed by atoms with Crippen molar-refractivity contribution in [1.82, 2.24) is 0 Å². The van der Waals surface area contributed by atoms with Gasteiger partial charge in [0.25, 0.3) is 0 Å². The third-order valence-electron chi connectivity index (χ3n) is 1.84. The summed E-state index contributed by atoms with van der Waals surface area (Å²) in [6.45, 7) is 6.20. The Balaban J connectivity index is -0.0000000774. The number of esters is 1. The van der Waals surface area contributed by atoms with Gasteiger partial charge in [0, 0.05) is 13.2 Å². The Hall–Kier alpha value is -0.583. The van der Waals surface area contributed by atoms with Gasteiger partial charge in [0.05, 0.1) is 33.2 Å². The van der Waals surface area contributed by atoms with Crippen molar-refractivity contribution < 1.29 is 53.2 Å². The Labute approximate surface area is 146 Å². The van der Waals surface area contributed by atoms with Gasteiger partial charge in [-0.3, -0.25) is 9.59 Å². The number of carboxylic acids is 1. The summed E-state index contributed by atoms with van der Waals surface area (Å²) in [4.78, 5) is 20.4. The number of aliphatic carboxylic acids is 1. The zero-order chi connectivity index (χ0) is 14.9. The Kier molecular flexibility index (Phi) is 43.0. The fourth-order valence-corrected chi connectivity index (χ4v) is 0.910. The van der Waals surface area contributed by atoms with Crippen LogP contribution >= 0.6 is 0 Å². The molecule has 0 bridgehead atoms. The first kappa shape index (κ1) is 33.1. The first-order valence-corrected chi connectivity index (χ1v) is 6.52. The van der Waals surface area contributed by atoms with Gasteiger partial charge in [-0.05, 0) is 12.8 Å². The zero-order valence-corrected chi connectivity index (χ0v) is 13.6. The molecule has 0 amide bonds. The minimum absolute atomic E-state index is 0. The molecule has 0 aromatic heterocycles. The van der Waals surface area contributed by atoms with Crippen LogP contribution in [0.2, 0.25) is 0 Å². The van der Waals surface area contributed by atoms with E-state index in [1.54, 1.807) is 0 Å². The number of hydrogen-bond acceptors (Lipinski definition) is 6. The maximum atomic E-state index is 10.5. The second-order valence-corrected chi connectivity index (χ2v) is 3.69. The molecule has 0 aromatic carbocycles. The van der Waals surface area contributed by atoms with E-state index in [2.05, 4.69) is 4.74 Å². The summed E-state index contributed by atoms with van der Waals surface area (Å²) in [6, 6.07) is 0. The molecule has 0 aromatic rings. The quantitative estimate of drug-likeness (QED) is 0.323. The van der Waals surface area contributed by atoms with Crippen molar-refractivity contribution >= 4 is 11.9 Å². The monoisotopic (exact) mass is 318 g/mol. The van der Waals surface area contributed by atoms with Gasteiger partial charge in [-0.2, -0.15) is 0 Å². The van der Waals surface area contributed by atoms with E-state index in [1.807, 2.05) is 13.8 Å². The molecule has 130 valence electrons. The van der Waals surface area contributed by atoms with Gasteiger partial charge in [0.15, 0.2) is 0 Å². The predicted octanol–water partition coefficient (Wildman–Crippen LogP) is -0.673. The topological polar surface area (TPSA) is 112 Å². The molecule has 7 nitrogen and oxygen atoms in total. The van der Waals surface area contributed by atoms with Crippen LogP contribution in [0.25, 0.3) is 0 Å². The molecule has 0 aliphatic heterocycles. The number of carbonyl (C=O) groups is 2. The van der Waals surface area contributed by atoms with Gasteiger partial charge in [-0.1, -0.05) is 21.3 Å². The van der Waals surface area contributed by atoms with E-state index < -0.39 is 5.97 Å². The third-order valence-corrected chi connectivity index (χ3v) is 1.84. The molecule has 2 N–H and O–H groups in total. The van der Waals surface area contributed by atoms with Gasteiger partial charge in [-0.15, -0.1) is 0 Å². The van der Waals surface area contributed by atoms with Crippen LogP contribution in [-0.4, -0.2) is 56.1 Å². The van der Waals surface area contributed by atoms with E-state index in [4.69, 9.17) is 14.6 Å². The van der Waals surface area contributed by atoms with Crippen molar-refractivity contribution in [2.24, 2.45) is 0 Å². The molecule has 0 saturated carbocycles. The van der Waals surface area contributed by atoms with E-state index in [1.165, 1.54) is 7.11 Å². The van der Waals surface area contributed by atoms with Crippen LogP contribution < -0.4 is 18.9 Å². The number of ether oxygens (including phenoxy) is 3. The van der Waals surface area contributed by atoms with E-state index in [-0.39, 0.29) is 44.2 Å². The normalized spacial score (nSPS) is 8.14. The molecule has 0 spiro atoms. The summed E-state index contributed by atoms with van der Waals surface area (Å²) in [6.07, 6.45) is 2.40. The number of methoxy groups -OCH3 is 1. The molecular formula is C14H31LiO7. The molecule has 0 heterocycles. The summed E-state index contributed by atoms with van der Waals surface area (Å²) in [7, 11) is 1.38. The Morgan fingerprint density at radius 2 is 1.32 bits per heavy atom. The average molecular weight is 318 g/mol. The van der Waals surface area contributed by atoms with Crippen LogP contribution in [0.3, 0.4) is 0 Å². The molecule has 0 unspecified atom stereocenters. The zero-order valence-electron chi connectivity index (χ0n) is 13.6. The van der Waals surface area contributed by atoms with Gasteiger partial charge >= 0.3 is 30.8 Å². The average Bonchev–Trinajstić information content (AvgIpc) is 2.40. The number of carboxylic acid groups (broad SMARTS) is 1. The van der Waals surface area contributed by atoms with E-state index >= 15 is 0 Å². The largest absolute Gasteiger partial charge is 1.00 e.